The summed E-state index contributed by atoms with van der Waals surface area (Å²) in [7, 11) is 0. The van der Waals surface area contributed by atoms with E-state index in [0.717, 1.165) is 25.7 Å². The zero-order valence-electron chi connectivity index (χ0n) is 12.4. The Morgan fingerprint density at radius 2 is 1.74 bits per heavy atom. The molecular formula is C16H30N2O. The van der Waals surface area contributed by atoms with E-state index in [0.29, 0.717) is 18.5 Å². The van der Waals surface area contributed by atoms with Gasteiger partial charge in [0.1, 0.15) is 0 Å². The third kappa shape index (κ3) is 3.50. The summed E-state index contributed by atoms with van der Waals surface area (Å²) in [6.45, 7) is 2.70. The lowest BCUT2D eigenvalue weighted by Gasteiger charge is -2.31. The number of hydrogen-bond donors (Lipinski definition) is 2. The Labute approximate surface area is 117 Å². The van der Waals surface area contributed by atoms with Crippen molar-refractivity contribution >= 4 is 5.91 Å². The zero-order chi connectivity index (χ0) is 13.7. The SMILES string of the molecule is C[C@@H](NC(=O)C1(CN)CCCC1)C1CCCCCC1. The number of amides is 1. The van der Waals surface area contributed by atoms with Gasteiger partial charge in [0.25, 0.3) is 0 Å². The minimum Gasteiger partial charge on any atom is -0.353 e. The lowest BCUT2D eigenvalue weighted by Crippen LogP contribution is -2.49. The molecule has 1 atom stereocenters. The third-order valence-electron chi connectivity index (χ3n) is 5.40. The molecule has 0 bridgehead atoms. The Kier molecular flexibility index (Phi) is 5.26. The summed E-state index contributed by atoms with van der Waals surface area (Å²) in [4.78, 5) is 12.5. The van der Waals surface area contributed by atoms with E-state index in [-0.39, 0.29) is 11.3 Å². The summed E-state index contributed by atoms with van der Waals surface area (Å²) >= 11 is 0. The number of rotatable bonds is 4. The molecule has 3 nitrogen and oxygen atoms in total. The maximum absolute atomic E-state index is 12.5. The van der Waals surface area contributed by atoms with Crippen molar-refractivity contribution in [3.05, 3.63) is 0 Å². The van der Waals surface area contributed by atoms with Gasteiger partial charge in [-0.25, -0.2) is 0 Å². The first-order valence-electron chi connectivity index (χ1n) is 8.19. The fourth-order valence-corrected chi connectivity index (χ4v) is 3.86. The standard InChI is InChI=1S/C16H30N2O/c1-13(14-8-4-2-3-5-9-14)18-15(19)16(12-17)10-6-7-11-16/h13-14H,2-12,17H2,1H3,(H,18,19)/t13-/m1/s1. The van der Waals surface area contributed by atoms with Crippen molar-refractivity contribution in [2.75, 3.05) is 6.54 Å². The molecule has 0 radical (unpaired) electrons. The predicted molar refractivity (Wildman–Crippen MR) is 78.8 cm³/mol. The number of hydrogen-bond acceptors (Lipinski definition) is 2. The van der Waals surface area contributed by atoms with Gasteiger partial charge in [0, 0.05) is 12.6 Å². The smallest absolute Gasteiger partial charge is 0.227 e. The van der Waals surface area contributed by atoms with E-state index in [2.05, 4.69) is 12.2 Å². The minimum absolute atomic E-state index is 0.226. The molecule has 110 valence electrons. The molecule has 0 heterocycles. The van der Waals surface area contributed by atoms with Crippen LogP contribution in [0.1, 0.15) is 71.1 Å². The van der Waals surface area contributed by atoms with E-state index >= 15 is 0 Å². The van der Waals surface area contributed by atoms with E-state index in [9.17, 15) is 4.79 Å². The van der Waals surface area contributed by atoms with E-state index < -0.39 is 0 Å². The molecule has 0 spiro atoms. The van der Waals surface area contributed by atoms with Crippen molar-refractivity contribution in [2.24, 2.45) is 17.1 Å². The molecule has 0 aliphatic heterocycles. The van der Waals surface area contributed by atoms with Crippen molar-refractivity contribution in [3.8, 4) is 0 Å². The van der Waals surface area contributed by atoms with Crippen molar-refractivity contribution in [1.29, 1.82) is 0 Å². The fraction of sp³-hybridized carbons (Fsp3) is 0.938. The van der Waals surface area contributed by atoms with Gasteiger partial charge in [-0.3, -0.25) is 4.79 Å². The number of nitrogens with two attached hydrogens (primary N) is 1. The molecule has 3 heteroatoms. The van der Waals surface area contributed by atoms with E-state index in [1.165, 1.54) is 38.5 Å². The molecule has 3 N–H and O–H groups in total. The first kappa shape index (κ1) is 14.8. The second kappa shape index (κ2) is 6.74. The predicted octanol–water partition coefficient (Wildman–Crippen LogP) is 2.98. The van der Waals surface area contributed by atoms with Gasteiger partial charge in [0.15, 0.2) is 0 Å². The summed E-state index contributed by atoms with van der Waals surface area (Å²) in [5.41, 5.74) is 5.64. The first-order valence-corrected chi connectivity index (χ1v) is 8.19. The molecule has 0 aromatic carbocycles. The van der Waals surface area contributed by atoms with Gasteiger partial charge in [-0.1, -0.05) is 38.5 Å². The highest BCUT2D eigenvalue weighted by atomic mass is 16.2. The Morgan fingerprint density at radius 3 is 2.26 bits per heavy atom. The normalized spacial score (nSPS) is 25.8. The molecule has 0 aromatic heterocycles. The molecule has 2 aliphatic carbocycles. The Morgan fingerprint density at radius 1 is 1.16 bits per heavy atom. The molecule has 2 fully saturated rings. The maximum atomic E-state index is 12.5. The van der Waals surface area contributed by atoms with Gasteiger partial charge in [0.2, 0.25) is 5.91 Å². The molecule has 2 aliphatic rings. The third-order valence-corrected chi connectivity index (χ3v) is 5.40. The van der Waals surface area contributed by atoms with Crippen molar-refractivity contribution in [3.63, 3.8) is 0 Å². The topological polar surface area (TPSA) is 55.1 Å². The fourth-order valence-electron chi connectivity index (χ4n) is 3.86. The molecule has 0 aromatic rings. The van der Waals surface area contributed by atoms with Gasteiger partial charge in [-0.2, -0.15) is 0 Å². The molecule has 0 saturated heterocycles. The lowest BCUT2D eigenvalue weighted by molar-refractivity contribution is -0.131. The van der Waals surface area contributed by atoms with Crippen LogP contribution in [0.4, 0.5) is 0 Å². The van der Waals surface area contributed by atoms with Crippen molar-refractivity contribution in [1.82, 2.24) is 5.32 Å². The van der Waals surface area contributed by atoms with E-state index in [4.69, 9.17) is 5.73 Å². The molecule has 2 saturated carbocycles. The largest absolute Gasteiger partial charge is 0.353 e. The van der Waals surface area contributed by atoms with Crippen LogP contribution in [0.5, 0.6) is 0 Å². The van der Waals surface area contributed by atoms with Crippen LogP contribution in [0.2, 0.25) is 0 Å². The average molecular weight is 266 g/mol. The van der Waals surface area contributed by atoms with Gasteiger partial charge in [0.05, 0.1) is 5.41 Å². The Balaban J connectivity index is 1.89. The number of carbonyl (C=O) groups excluding carboxylic acids is 1. The highest BCUT2D eigenvalue weighted by molar-refractivity contribution is 5.83. The molecular weight excluding hydrogens is 236 g/mol. The average Bonchev–Trinajstić information content (AvgIpc) is 2.74. The van der Waals surface area contributed by atoms with Gasteiger partial charge < -0.3 is 11.1 Å². The van der Waals surface area contributed by atoms with Crippen LogP contribution in [0.25, 0.3) is 0 Å². The summed E-state index contributed by atoms with van der Waals surface area (Å²) in [6, 6.07) is 0.314. The quantitative estimate of drug-likeness (QED) is 0.769. The number of nitrogens with one attached hydrogen (secondary N) is 1. The lowest BCUT2D eigenvalue weighted by atomic mass is 9.84. The van der Waals surface area contributed by atoms with Gasteiger partial charge in [-0.15, -0.1) is 0 Å². The Hall–Kier alpha value is -0.570. The zero-order valence-corrected chi connectivity index (χ0v) is 12.4. The highest BCUT2D eigenvalue weighted by Gasteiger charge is 2.40. The molecule has 2 rings (SSSR count). The van der Waals surface area contributed by atoms with Gasteiger partial charge >= 0.3 is 0 Å². The van der Waals surface area contributed by atoms with Gasteiger partial charge in [-0.05, 0) is 38.5 Å². The highest BCUT2D eigenvalue weighted by Crippen LogP contribution is 2.37. The van der Waals surface area contributed by atoms with Crippen LogP contribution in [0, 0.1) is 11.3 Å². The minimum atomic E-state index is -0.251. The Bertz CT molecular complexity index is 289. The monoisotopic (exact) mass is 266 g/mol. The van der Waals surface area contributed by atoms with Crippen molar-refractivity contribution in [2.45, 2.75) is 77.2 Å². The number of carbonyl (C=O) groups is 1. The second-order valence-electron chi connectivity index (χ2n) is 6.71. The second-order valence-corrected chi connectivity index (χ2v) is 6.71. The first-order chi connectivity index (χ1) is 9.18. The molecule has 1 amide bonds. The molecule has 0 unspecified atom stereocenters. The summed E-state index contributed by atoms with van der Waals surface area (Å²) in [5, 5.41) is 3.29. The summed E-state index contributed by atoms with van der Waals surface area (Å²) in [6.07, 6.45) is 12.2. The van der Waals surface area contributed by atoms with Crippen LogP contribution in [-0.2, 0) is 4.79 Å². The van der Waals surface area contributed by atoms with Crippen LogP contribution < -0.4 is 11.1 Å². The maximum Gasteiger partial charge on any atom is 0.227 e. The van der Waals surface area contributed by atoms with Crippen LogP contribution >= 0.6 is 0 Å². The van der Waals surface area contributed by atoms with E-state index in [1.54, 1.807) is 0 Å². The molecule has 19 heavy (non-hydrogen) atoms. The van der Waals surface area contributed by atoms with Crippen LogP contribution in [0.3, 0.4) is 0 Å². The summed E-state index contributed by atoms with van der Waals surface area (Å²) < 4.78 is 0. The van der Waals surface area contributed by atoms with Crippen LogP contribution in [0.15, 0.2) is 0 Å². The van der Waals surface area contributed by atoms with E-state index in [1.807, 2.05) is 0 Å². The summed E-state index contributed by atoms with van der Waals surface area (Å²) in [5.74, 6) is 0.895. The van der Waals surface area contributed by atoms with Crippen molar-refractivity contribution < 1.29 is 4.79 Å². The van der Waals surface area contributed by atoms with Crippen LogP contribution in [-0.4, -0.2) is 18.5 Å².